The second-order valence-corrected chi connectivity index (χ2v) is 9.99. The Morgan fingerprint density at radius 1 is 1.00 bits per heavy atom. The summed E-state index contributed by atoms with van der Waals surface area (Å²) in [5, 5.41) is 5.96. The largest absolute Gasteiger partial charge is 0.494 e. The van der Waals surface area contributed by atoms with E-state index in [1.165, 1.54) is 5.56 Å². The number of ether oxygens (including phenoxy) is 1. The Bertz CT molecular complexity index is 1230. The standard InChI is InChI=1S/C28H29N3O2S/c1-28(2,3)22-9-11-24(12-10-22)33-17-5-8-26(32)30-23-7-4-6-21(18-23)25-19-34-27(31-25)20-13-15-29-16-14-20/h4,6-7,9-16,18-19H,5,8,17H2,1-3H3,(H,30,32). The van der Waals surface area contributed by atoms with Gasteiger partial charge in [0.15, 0.2) is 0 Å². The molecule has 0 aliphatic rings. The Labute approximate surface area is 204 Å². The summed E-state index contributed by atoms with van der Waals surface area (Å²) in [7, 11) is 0. The molecule has 0 fully saturated rings. The molecule has 0 radical (unpaired) electrons. The van der Waals surface area contributed by atoms with Crippen LogP contribution in [0, 0.1) is 0 Å². The van der Waals surface area contributed by atoms with Gasteiger partial charge in [0.2, 0.25) is 5.91 Å². The van der Waals surface area contributed by atoms with Gasteiger partial charge < -0.3 is 10.1 Å². The average molecular weight is 472 g/mol. The van der Waals surface area contributed by atoms with Gasteiger partial charge in [0, 0.05) is 41.0 Å². The van der Waals surface area contributed by atoms with Crippen molar-refractivity contribution in [2.45, 2.75) is 39.0 Å². The number of nitrogens with one attached hydrogen (secondary N) is 1. The molecular formula is C28H29N3O2S. The van der Waals surface area contributed by atoms with E-state index in [2.05, 4.69) is 43.2 Å². The monoisotopic (exact) mass is 471 g/mol. The molecule has 0 bridgehead atoms. The third-order valence-corrected chi connectivity index (χ3v) is 6.30. The van der Waals surface area contributed by atoms with E-state index in [0.717, 1.165) is 33.3 Å². The van der Waals surface area contributed by atoms with Gasteiger partial charge in [-0.1, -0.05) is 45.0 Å². The highest BCUT2D eigenvalue weighted by Crippen LogP contribution is 2.30. The van der Waals surface area contributed by atoms with Crippen LogP contribution in [0.5, 0.6) is 5.75 Å². The van der Waals surface area contributed by atoms with Crippen LogP contribution in [0.25, 0.3) is 21.8 Å². The number of nitrogens with zero attached hydrogens (tertiary/aromatic N) is 2. The molecule has 174 valence electrons. The fourth-order valence-electron chi connectivity index (χ4n) is 3.49. The quantitative estimate of drug-likeness (QED) is 0.282. The molecule has 4 aromatic rings. The highest BCUT2D eigenvalue weighted by atomic mass is 32.1. The second-order valence-electron chi connectivity index (χ2n) is 9.13. The third-order valence-electron chi connectivity index (χ3n) is 5.41. The van der Waals surface area contributed by atoms with E-state index < -0.39 is 0 Å². The van der Waals surface area contributed by atoms with Gasteiger partial charge in [-0.3, -0.25) is 9.78 Å². The summed E-state index contributed by atoms with van der Waals surface area (Å²) in [5.74, 6) is 0.801. The Morgan fingerprint density at radius 3 is 2.50 bits per heavy atom. The lowest BCUT2D eigenvalue weighted by Gasteiger charge is -2.19. The number of hydrogen-bond donors (Lipinski definition) is 1. The Hall–Kier alpha value is -3.51. The highest BCUT2D eigenvalue weighted by Gasteiger charge is 2.13. The van der Waals surface area contributed by atoms with Gasteiger partial charge in [-0.2, -0.15) is 0 Å². The summed E-state index contributed by atoms with van der Waals surface area (Å²) in [4.78, 5) is 21.2. The molecule has 0 unspecified atom stereocenters. The van der Waals surface area contributed by atoms with Gasteiger partial charge in [-0.25, -0.2) is 4.98 Å². The number of rotatable bonds is 8. The van der Waals surface area contributed by atoms with Gasteiger partial charge in [0.25, 0.3) is 0 Å². The van der Waals surface area contributed by atoms with Crippen molar-refractivity contribution < 1.29 is 9.53 Å². The van der Waals surface area contributed by atoms with Crippen LogP contribution in [0.1, 0.15) is 39.2 Å². The van der Waals surface area contributed by atoms with Crippen molar-refractivity contribution in [3.05, 3.63) is 84.0 Å². The van der Waals surface area contributed by atoms with Gasteiger partial charge in [-0.05, 0) is 53.8 Å². The first-order chi connectivity index (χ1) is 16.4. The number of aromatic nitrogens is 2. The summed E-state index contributed by atoms with van der Waals surface area (Å²) >= 11 is 1.59. The van der Waals surface area contributed by atoms with E-state index >= 15 is 0 Å². The van der Waals surface area contributed by atoms with Crippen molar-refractivity contribution in [3.8, 4) is 27.6 Å². The number of carbonyl (C=O) groups excluding carboxylic acids is 1. The lowest BCUT2D eigenvalue weighted by atomic mass is 9.87. The molecule has 2 aromatic carbocycles. The van der Waals surface area contributed by atoms with E-state index in [0.29, 0.717) is 19.4 Å². The minimum Gasteiger partial charge on any atom is -0.494 e. The summed E-state index contributed by atoms with van der Waals surface area (Å²) in [5.41, 5.74) is 5.06. The van der Waals surface area contributed by atoms with Crippen LogP contribution in [0.4, 0.5) is 5.69 Å². The number of anilines is 1. The van der Waals surface area contributed by atoms with Crippen molar-refractivity contribution in [2.24, 2.45) is 0 Å². The molecular weight excluding hydrogens is 442 g/mol. The van der Waals surface area contributed by atoms with E-state index in [4.69, 9.17) is 9.72 Å². The fraction of sp³-hybridized carbons (Fsp3) is 0.250. The van der Waals surface area contributed by atoms with Gasteiger partial charge in [0.1, 0.15) is 10.8 Å². The Morgan fingerprint density at radius 2 is 1.76 bits per heavy atom. The molecule has 0 saturated heterocycles. The van der Waals surface area contributed by atoms with Crippen LogP contribution >= 0.6 is 11.3 Å². The highest BCUT2D eigenvalue weighted by molar-refractivity contribution is 7.13. The van der Waals surface area contributed by atoms with Gasteiger partial charge in [-0.15, -0.1) is 11.3 Å². The van der Waals surface area contributed by atoms with Crippen LogP contribution < -0.4 is 10.1 Å². The summed E-state index contributed by atoms with van der Waals surface area (Å²) < 4.78 is 5.80. The van der Waals surface area contributed by atoms with Crippen LogP contribution in [0.3, 0.4) is 0 Å². The summed E-state index contributed by atoms with van der Waals surface area (Å²) in [6.07, 6.45) is 4.57. The topological polar surface area (TPSA) is 64.1 Å². The lowest BCUT2D eigenvalue weighted by Crippen LogP contribution is -2.13. The predicted molar refractivity (Wildman–Crippen MR) is 139 cm³/mol. The van der Waals surface area contributed by atoms with Gasteiger partial charge in [0.05, 0.1) is 12.3 Å². The Balaban J connectivity index is 1.27. The smallest absolute Gasteiger partial charge is 0.224 e. The maximum absolute atomic E-state index is 12.4. The van der Waals surface area contributed by atoms with Crippen molar-refractivity contribution in [2.75, 3.05) is 11.9 Å². The molecule has 0 spiro atoms. The van der Waals surface area contributed by atoms with Crippen LogP contribution in [-0.4, -0.2) is 22.5 Å². The molecule has 1 amide bonds. The number of hydrogen-bond acceptors (Lipinski definition) is 5. The fourth-order valence-corrected chi connectivity index (χ4v) is 4.32. The number of thiazole rings is 1. The van der Waals surface area contributed by atoms with Gasteiger partial charge >= 0.3 is 0 Å². The summed E-state index contributed by atoms with van der Waals surface area (Å²) in [6.45, 7) is 7.06. The molecule has 5 nitrogen and oxygen atoms in total. The maximum atomic E-state index is 12.4. The third kappa shape index (κ3) is 6.29. The van der Waals surface area contributed by atoms with Crippen LogP contribution in [0.15, 0.2) is 78.4 Å². The second kappa shape index (κ2) is 10.6. The van der Waals surface area contributed by atoms with E-state index in [1.54, 1.807) is 23.7 Å². The molecule has 0 atom stereocenters. The maximum Gasteiger partial charge on any atom is 0.224 e. The first-order valence-corrected chi connectivity index (χ1v) is 12.3. The lowest BCUT2D eigenvalue weighted by molar-refractivity contribution is -0.116. The molecule has 2 aromatic heterocycles. The zero-order chi connectivity index (χ0) is 24.0. The number of amides is 1. The molecule has 0 aliphatic carbocycles. The predicted octanol–water partition coefficient (Wildman–Crippen LogP) is 6.97. The molecule has 1 N–H and O–H groups in total. The molecule has 0 aliphatic heterocycles. The number of benzene rings is 2. The first kappa shape index (κ1) is 23.6. The molecule has 6 heteroatoms. The molecule has 4 rings (SSSR count). The van der Waals surface area contributed by atoms with E-state index in [-0.39, 0.29) is 11.3 Å². The zero-order valence-corrected chi connectivity index (χ0v) is 20.6. The average Bonchev–Trinajstić information content (AvgIpc) is 3.33. The van der Waals surface area contributed by atoms with Crippen LogP contribution in [0.2, 0.25) is 0 Å². The number of pyridine rings is 1. The SMILES string of the molecule is CC(C)(C)c1ccc(OCCCC(=O)Nc2cccc(-c3csc(-c4ccncc4)n3)c2)cc1. The minimum atomic E-state index is -0.0282. The van der Waals surface area contributed by atoms with E-state index in [9.17, 15) is 4.79 Å². The van der Waals surface area contributed by atoms with Crippen molar-refractivity contribution in [1.29, 1.82) is 0 Å². The minimum absolute atomic E-state index is 0.0282. The van der Waals surface area contributed by atoms with E-state index in [1.807, 2.05) is 53.9 Å². The normalized spacial score (nSPS) is 11.3. The van der Waals surface area contributed by atoms with Crippen molar-refractivity contribution in [1.82, 2.24) is 9.97 Å². The zero-order valence-electron chi connectivity index (χ0n) is 19.7. The summed E-state index contributed by atoms with van der Waals surface area (Å²) in [6, 6.07) is 19.8. The molecule has 0 saturated carbocycles. The van der Waals surface area contributed by atoms with Crippen LogP contribution in [-0.2, 0) is 10.2 Å². The Kier molecular flexibility index (Phi) is 7.38. The van der Waals surface area contributed by atoms with Crippen molar-refractivity contribution >= 4 is 22.9 Å². The molecule has 2 heterocycles. The molecule has 34 heavy (non-hydrogen) atoms. The first-order valence-electron chi connectivity index (χ1n) is 11.4. The van der Waals surface area contributed by atoms with Crippen molar-refractivity contribution in [3.63, 3.8) is 0 Å². The number of carbonyl (C=O) groups is 1.